The molecule has 1 aliphatic heterocycles. The largest absolute Gasteiger partial charge is 0.443 e. The van der Waals surface area contributed by atoms with Crippen LogP contribution in [-0.4, -0.2) is 47.3 Å². The van der Waals surface area contributed by atoms with Crippen LogP contribution in [0.25, 0.3) is 22.3 Å². The van der Waals surface area contributed by atoms with E-state index in [2.05, 4.69) is 36.1 Å². The predicted molar refractivity (Wildman–Crippen MR) is 112 cm³/mol. The molecular weight excluding hydrogens is 412 g/mol. The van der Waals surface area contributed by atoms with Crippen molar-refractivity contribution in [3.63, 3.8) is 0 Å². The summed E-state index contributed by atoms with van der Waals surface area (Å²) in [5.74, 6) is 2.43. The summed E-state index contributed by atoms with van der Waals surface area (Å²) in [6.07, 6.45) is 4.52. The second-order valence-electron chi connectivity index (χ2n) is 8.51. The lowest BCUT2D eigenvalue weighted by atomic mass is 10.2. The second kappa shape index (κ2) is 6.25. The lowest BCUT2D eigenvalue weighted by Gasteiger charge is -2.21. The monoisotopic (exact) mass is 430 g/mol. The highest BCUT2D eigenvalue weighted by Gasteiger charge is 2.58. The van der Waals surface area contributed by atoms with Gasteiger partial charge in [0.25, 0.3) is 5.56 Å². The van der Waals surface area contributed by atoms with Crippen LogP contribution in [0.15, 0.2) is 51.0 Å². The summed E-state index contributed by atoms with van der Waals surface area (Å²) < 4.78 is 14.0. The number of oxazole rings is 1. The van der Waals surface area contributed by atoms with Crippen molar-refractivity contribution in [3.8, 4) is 0 Å². The van der Waals surface area contributed by atoms with Crippen molar-refractivity contribution in [2.45, 2.75) is 12.5 Å². The average Bonchev–Trinajstić information content (AvgIpc) is 3.38. The molecular formula is C21H18N8O3. The molecule has 2 fully saturated rings. The van der Waals surface area contributed by atoms with Crippen LogP contribution in [0.3, 0.4) is 0 Å². The van der Waals surface area contributed by atoms with Crippen molar-refractivity contribution < 1.29 is 8.94 Å². The van der Waals surface area contributed by atoms with E-state index in [0.717, 1.165) is 35.7 Å². The molecule has 1 saturated carbocycles. The lowest BCUT2D eigenvalue weighted by molar-refractivity contribution is 0.363. The van der Waals surface area contributed by atoms with Crippen molar-refractivity contribution in [3.05, 3.63) is 59.3 Å². The van der Waals surface area contributed by atoms with E-state index in [0.29, 0.717) is 34.8 Å². The summed E-state index contributed by atoms with van der Waals surface area (Å²) in [6, 6.07) is 6.11. The molecule has 0 spiro atoms. The van der Waals surface area contributed by atoms with Crippen LogP contribution in [0.4, 0.5) is 5.69 Å². The van der Waals surface area contributed by atoms with Gasteiger partial charge in [0, 0.05) is 37.8 Å². The zero-order valence-corrected chi connectivity index (χ0v) is 17.1. The number of anilines is 1. The highest BCUT2D eigenvalue weighted by Crippen LogP contribution is 2.58. The summed E-state index contributed by atoms with van der Waals surface area (Å²) in [5, 5.41) is 4.21. The number of hydrogen-bond acceptors (Lipinski definition) is 9. The van der Waals surface area contributed by atoms with Gasteiger partial charge in [0.2, 0.25) is 5.89 Å². The van der Waals surface area contributed by atoms with Gasteiger partial charge in [-0.3, -0.25) is 9.36 Å². The second-order valence-corrected chi connectivity index (χ2v) is 8.51. The Kier molecular flexibility index (Phi) is 3.45. The van der Waals surface area contributed by atoms with E-state index in [4.69, 9.17) is 8.94 Å². The minimum atomic E-state index is -0.183. The molecule has 0 radical (unpaired) electrons. The fraction of sp³-hybridized carbons (Fsp3) is 0.333. The summed E-state index contributed by atoms with van der Waals surface area (Å²) in [5.41, 5.74) is 3.51. The molecule has 0 amide bonds. The van der Waals surface area contributed by atoms with E-state index in [1.807, 2.05) is 12.1 Å². The molecule has 4 aromatic heterocycles. The maximum absolute atomic E-state index is 12.7. The molecule has 3 atom stereocenters. The molecule has 7 rings (SSSR count). The van der Waals surface area contributed by atoms with Crippen molar-refractivity contribution in [1.82, 2.24) is 34.2 Å². The van der Waals surface area contributed by atoms with Crippen LogP contribution >= 0.6 is 0 Å². The van der Waals surface area contributed by atoms with Crippen LogP contribution in [0, 0.1) is 11.8 Å². The first-order valence-electron chi connectivity index (χ1n) is 10.4. The van der Waals surface area contributed by atoms with Crippen LogP contribution in [0.1, 0.15) is 17.6 Å². The minimum Gasteiger partial charge on any atom is -0.443 e. The Hall–Kier alpha value is -4.02. The van der Waals surface area contributed by atoms with Gasteiger partial charge in [-0.05, 0) is 24.0 Å². The number of piperidine rings is 1. The molecule has 5 aromatic rings. The Morgan fingerprint density at radius 2 is 1.97 bits per heavy atom. The Labute approximate surface area is 180 Å². The maximum atomic E-state index is 12.7. The third-order valence-corrected chi connectivity index (χ3v) is 6.66. The Balaban J connectivity index is 1.07. The van der Waals surface area contributed by atoms with E-state index in [1.165, 1.54) is 17.3 Å². The number of imidazole rings is 1. The molecule has 160 valence electrons. The van der Waals surface area contributed by atoms with Gasteiger partial charge in [0.15, 0.2) is 29.0 Å². The zero-order valence-electron chi connectivity index (χ0n) is 17.1. The first-order chi connectivity index (χ1) is 15.7. The number of rotatable bonds is 4. The zero-order chi connectivity index (χ0) is 21.4. The van der Waals surface area contributed by atoms with Gasteiger partial charge in [-0.2, -0.15) is 4.98 Å². The van der Waals surface area contributed by atoms with Crippen molar-refractivity contribution in [2.75, 3.05) is 18.0 Å². The maximum Gasteiger partial charge on any atom is 0.280 e. The van der Waals surface area contributed by atoms with Crippen molar-refractivity contribution >= 4 is 28.0 Å². The summed E-state index contributed by atoms with van der Waals surface area (Å²) in [7, 11) is 1.77. The van der Waals surface area contributed by atoms with E-state index in [1.54, 1.807) is 17.9 Å². The van der Waals surface area contributed by atoms with Gasteiger partial charge in [-0.15, -0.1) is 0 Å². The summed E-state index contributed by atoms with van der Waals surface area (Å²) in [6.45, 7) is 2.07. The molecule has 1 aliphatic carbocycles. The molecule has 11 nitrogen and oxygen atoms in total. The quantitative estimate of drug-likeness (QED) is 0.418. The number of hydrogen-bond donors (Lipinski definition) is 0. The highest BCUT2D eigenvalue weighted by molar-refractivity contribution is 5.77. The molecule has 1 saturated heterocycles. The van der Waals surface area contributed by atoms with Gasteiger partial charge in [-0.1, -0.05) is 5.16 Å². The predicted octanol–water partition coefficient (Wildman–Crippen LogP) is 1.55. The van der Waals surface area contributed by atoms with Crippen molar-refractivity contribution in [2.24, 2.45) is 18.9 Å². The molecule has 5 heterocycles. The Bertz CT molecular complexity index is 1530. The van der Waals surface area contributed by atoms with E-state index in [9.17, 15) is 4.79 Å². The summed E-state index contributed by atoms with van der Waals surface area (Å²) in [4.78, 5) is 32.2. The highest BCUT2D eigenvalue weighted by atomic mass is 16.5. The number of aromatic nitrogens is 7. The van der Waals surface area contributed by atoms with E-state index in [-0.39, 0.29) is 12.1 Å². The van der Waals surface area contributed by atoms with Gasteiger partial charge >= 0.3 is 0 Å². The Morgan fingerprint density at radius 1 is 1.12 bits per heavy atom. The van der Waals surface area contributed by atoms with E-state index < -0.39 is 0 Å². The molecule has 0 bridgehead atoms. The van der Waals surface area contributed by atoms with Crippen LogP contribution < -0.4 is 10.5 Å². The van der Waals surface area contributed by atoms with Crippen LogP contribution in [0.2, 0.25) is 0 Å². The third kappa shape index (κ3) is 2.53. The smallest absolute Gasteiger partial charge is 0.280 e. The van der Waals surface area contributed by atoms with Crippen molar-refractivity contribution in [1.29, 1.82) is 0 Å². The fourth-order valence-electron chi connectivity index (χ4n) is 4.96. The number of benzene rings is 1. The standard InChI is InChI=1S/C21H18N8O3/c1-27-8-22-20-18(27)21(30)29(9-23-20)7-16-25-19(26-32-16)17-12-5-28(6-13(12)17)11-2-3-14-15(4-11)31-10-24-14/h2-4,8-10,12-13,17H,5-7H2,1H3/t12-,13+,17-. The average molecular weight is 430 g/mol. The first kappa shape index (κ1) is 17.6. The number of aryl methyl sites for hydroxylation is 1. The Morgan fingerprint density at radius 3 is 2.84 bits per heavy atom. The molecule has 0 N–H and O–H groups in total. The molecule has 32 heavy (non-hydrogen) atoms. The topological polar surface area (TPSA) is 121 Å². The number of fused-ring (bicyclic) bond motifs is 3. The molecule has 2 aliphatic rings. The lowest BCUT2D eigenvalue weighted by Crippen LogP contribution is -2.23. The fourth-order valence-corrected chi connectivity index (χ4v) is 4.96. The molecule has 0 unspecified atom stereocenters. The van der Waals surface area contributed by atoms with Crippen LogP contribution in [0.5, 0.6) is 0 Å². The molecule has 1 aromatic carbocycles. The van der Waals surface area contributed by atoms with Gasteiger partial charge in [0.1, 0.15) is 18.4 Å². The third-order valence-electron chi connectivity index (χ3n) is 6.66. The summed E-state index contributed by atoms with van der Waals surface area (Å²) >= 11 is 0. The SMILES string of the molecule is Cn1cnc2ncn(Cc3nc([C@@H]4[C@@H]5CN(c6ccc7ncoc7c6)C[C@@H]54)no3)c(=O)c21. The number of nitrogens with zero attached hydrogens (tertiary/aromatic N) is 8. The minimum absolute atomic E-state index is 0.183. The van der Waals surface area contributed by atoms with E-state index >= 15 is 0 Å². The first-order valence-corrected chi connectivity index (χ1v) is 10.4. The van der Waals surface area contributed by atoms with Gasteiger partial charge < -0.3 is 18.4 Å². The normalized spacial score (nSPS) is 22.2. The van der Waals surface area contributed by atoms with Gasteiger partial charge in [0.05, 0.1) is 6.33 Å². The molecule has 11 heteroatoms. The van der Waals surface area contributed by atoms with Gasteiger partial charge in [-0.25, -0.2) is 15.0 Å². The van der Waals surface area contributed by atoms with Crippen LogP contribution in [-0.2, 0) is 13.6 Å².